The monoisotopic (exact) mass is 427 g/mol. The zero-order valence-electron chi connectivity index (χ0n) is 20.1. The van der Waals surface area contributed by atoms with Crippen LogP contribution >= 0.6 is 0 Å². The first-order valence-electron chi connectivity index (χ1n) is 13.0. The van der Waals surface area contributed by atoms with E-state index in [1.54, 1.807) is 0 Å². The highest BCUT2D eigenvalue weighted by atomic mass is 16.5. The van der Waals surface area contributed by atoms with Crippen LogP contribution in [0, 0.1) is 5.92 Å². The van der Waals surface area contributed by atoms with Crippen molar-refractivity contribution in [1.29, 1.82) is 0 Å². The summed E-state index contributed by atoms with van der Waals surface area (Å²) >= 11 is 0. The molecule has 5 heteroatoms. The van der Waals surface area contributed by atoms with E-state index in [1.807, 2.05) is 6.92 Å². The SMILES string of the molecule is CCOC(=O)NCCCCCC(CCCCCCCN)CCCCCCCCCN. The number of rotatable bonds is 23. The Morgan fingerprint density at radius 2 is 1.07 bits per heavy atom. The first-order valence-corrected chi connectivity index (χ1v) is 13.0. The molecule has 1 amide bonds. The first-order chi connectivity index (χ1) is 14.7. The van der Waals surface area contributed by atoms with E-state index in [2.05, 4.69) is 5.32 Å². The standard InChI is InChI=1S/C25H53N3O2/c1-2-30-25(29)28-23-17-11-14-20-24(19-13-8-6-10-16-22-27)18-12-7-4-3-5-9-15-21-26/h24H,2-23,26-27H2,1H3,(H,28,29). The summed E-state index contributed by atoms with van der Waals surface area (Å²) in [6.45, 7) is 4.68. The van der Waals surface area contributed by atoms with Crippen LogP contribution in [0.4, 0.5) is 4.79 Å². The molecule has 1 unspecified atom stereocenters. The van der Waals surface area contributed by atoms with Gasteiger partial charge in [-0.3, -0.25) is 0 Å². The Labute approximate surface area is 187 Å². The second kappa shape index (κ2) is 24.5. The summed E-state index contributed by atoms with van der Waals surface area (Å²) in [6.07, 6.45) is 23.3. The van der Waals surface area contributed by atoms with Gasteiger partial charge in [0.1, 0.15) is 0 Å². The highest BCUT2D eigenvalue weighted by Crippen LogP contribution is 2.24. The Morgan fingerprint density at radius 3 is 1.50 bits per heavy atom. The van der Waals surface area contributed by atoms with Crippen LogP contribution in [0.3, 0.4) is 0 Å². The van der Waals surface area contributed by atoms with Crippen molar-refractivity contribution in [3.63, 3.8) is 0 Å². The third-order valence-electron chi connectivity index (χ3n) is 5.97. The minimum absolute atomic E-state index is 0.284. The summed E-state index contributed by atoms with van der Waals surface area (Å²) in [5.74, 6) is 0.884. The van der Waals surface area contributed by atoms with Crippen LogP contribution in [0.15, 0.2) is 0 Å². The van der Waals surface area contributed by atoms with Crippen LogP contribution in [0.1, 0.15) is 122 Å². The molecular weight excluding hydrogens is 374 g/mol. The molecule has 0 saturated heterocycles. The largest absolute Gasteiger partial charge is 0.450 e. The van der Waals surface area contributed by atoms with Crippen molar-refractivity contribution >= 4 is 6.09 Å². The van der Waals surface area contributed by atoms with E-state index in [1.165, 1.54) is 109 Å². The summed E-state index contributed by atoms with van der Waals surface area (Å²) in [5.41, 5.74) is 11.2. The molecule has 0 aromatic heterocycles. The molecule has 1 atom stereocenters. The van der Waals surface area contributed by atoms with E-state index in [9.17, 15) is 4.79 Å². The van der Waals surface area contributed by atoms with E-state index in [0.29, 0.717) is 6.61 Å². The Kier molecular flexibility index (Phi) is 23.8. The van der Waals surface area contributed by atoms with Gasteiger partial charge in [0, 0.05) is 6.54 Å². The number of hydrogen-bond donors (Lipinski definition) is 3. The molecule has 5 nitrogen and oxygen atoms in total. The predicted molar refractivity (Wildman–Crippen MR) is 130 cm³/mol. The van der Waals surface area contributed by atoms with E-state index < -0.39 is 0 Å². The zero-order valence-corrected chi connectivity index (χ0v) is 20.1. The number of nitrogens with one attached hydrogen (secondary N) is 1. The lowest BCUT2D eigenvalue weighted by molar-refractivity contribution is 0.152. The second-order valence-electron chi connectivity index (χ2n) is 8.76. The number of carbonyl (C=O) groups is 1. The smallest absolute Gasteiger partial charge is 0.407 e. The van der Waals surface area contributed by atoms with Crippen molar-refractivity contribution in [2.75, 3.05) is 26.2 Å². The van der Waals surface area contributed by atoms with Crippen LogP contribution in [-0.2, 0) is 4.74 Å². The predicted octanol–water partition coefficient (Wildman–Crippen LogP) is 6.29. The normalized spacial score (nSPS) is 12.1. The molecule has 180 valence electrons. The van der Waals surface area contributed by atoms with Gasteiger partial charge in [0.25, 0.3) is 0 Å². The maximum Gasteiger partial charge on any atom is 0.407 e. The number of carbonyl (C=O) groups excluding carboxylic acids is 1. The molecule has 0 spiro atoms. The van der Waals surface area contributed by atoms with Crippen molar-refractivity contribution in [2.24, 2.45) is 17.4 Å². The number of ether oxygens (including phenoxy) is 1. The van der Waals surface area contributed by atoms with Gasteiger partial charge >= 0.3 is 6.09 Å². The quantitative estimate of drug-likeness (QED) is 0.167. The average molecular weight is 428 g/mol. The minimum Gasteiger partial charge on any atom is -0.450 e. The minimum atomic E-state index is -0.284. The fourth-order valence-electron chi connectivity index (χ4n) is 4.11. The number of alkyl carbamates (subject to hydrolysis) is 1. The van der Waals surface area contributed by atoms with Crippen LogP contribution in [-0.4, -0.2) is 32.3 Å². The van der Waals surface area contributed by atoms with Crippen molar-refractivity contribution in [3.05, 3.63) is 0 Å². The molecule has 0 saturated carbocycles. The number of nitrogens with two attached hydrogens (primary N) is 2. The fraction of sp³-hybridized carbons (Fsp3) is 0.960. The third kappa shape index (κ3) is 21.9. The number of hydrogen-bond acceptors (Lipinski definition) is 4. The molecule has 0 aromatic rings. The first kappa shape index (κ1) is 29.2. The van der Waals surface area contributed by atoms with Crippen molar-refractivity contribution in [1.82, 2.24) is 5.32 Å². The van der Waals surface area contributed by atoms with E-state index >= 15 is 0 Å². The van der Waals surface area contributed by atoms with E-state index in [-0.39, 0.29) is 6.09 Å². The van der Waals surface area contributed by atoms with Crippen LogP contribution in [0.5, 0.6) is 0 Å². The van der Waals surface area contributed by atoms with E-state index in [4.69, 9.17) is 16.2 Å². The fourth-order valence-corrected chi connectivity index (χ4v) is 4.11. The third-order valence-corrected chi connectivity index (χ3v) is 5.97. The lowest BCUT2D eigenvalue weighted by Crippen LogP contribution is -2.25. The van der Waals surface area contributed by atoms with Crippen LogP contribution in [0.2, 0.25) is 0 Å². The number of unbranched alkanes of at least 4 members (excludes halogenated alkanes) is 12. The molecular formula is C25H53N3O2. The van der Waals surface area contributed by atoms with Crippen molar-refractivity contribution in [2.45, 2.75) is 122 Å². The van der Waals surface area contributed by atoms with Gasteiger partial charge in [0.2, 0.25) is 0 Å². The molecule has 5 N–H and O–H groups in total. The lowest BCUT2D eigenvalue weighted by atomic mass is 9.89. The van der Waals surface area contributed by atoms with Gasteiger partial charge in [-0.1, -0.05) is 96.3 Å². The van der Waals surface area contributed by atoms with Gasteiger partial charge in [0.15, 0.2) is 0 Å². The molecule has 0 fully saturated rings. The average Bonchev–Trinajstić information content (AvgIpc) is 2.74. The Bertz CT molecular complexity index is 353. The molecule has 0 radical (unpaired) electrons. The van der Waals surface area contributed by atoms with Gasteiger partial charge in [-0.25, -0.2) is 4.79 Å². The van der Waals surface area contributed by atoms with Crippen LogP contribution < -0.4 is 16.8 Å². The Morgan fingerprint density at radius 1 is 0.667 bits per heavy atom. The van der Waals surface area contributed by atoms with Crippen molar-refractivity contribution < 1.29 is 9.53 Å². The summed E-state index contributed by atoms with van der Waals surface area (Å²) in [5, 5.41) is 2.82. The number of amides is 1. The molecule has 0 aliphatic carbocycles. The van der Waals surface area contributed by atoms with Gasteiger partial charge in [-0.15, -0.1) is 0 Å². The molecule has 0 aliphatic heterocycles. The Balaban J connectivity index is 3.87. The van der Waals surface area contributed by atoms with Crippen molar-refractivity contribution in [3.8, 4) is 0 Å². The molecule has 30 heavy (non-hydrogen) atoms. The van der Waals surface area contributed by atoms with Gasteiger partial charge in [-0.2, -0.15) is 0 Å². The highest BCUT2D eigenvalue weighted by Gasteiger charge is 2.09. The Hall–Kier alpha value is -0.810. The molecule has 0 bridgehead atoms. The topological polar surface area (TPSA) is 90.4 Å². The van der Waals surface area contributed by atoms with Crippen LogP contribution in [0.25, 0.3) is 0 Å². The van der Waals surface area contributed by atoms with Gasteiger partial charge < -0.3 is 21.5 Å². The molecule has 0 aliphatic rings. The van der Waals surface area contributed by atoms with Gasteiger partial charge in [0.05, 0.1) is 6.61 Å². The summed E-state index contributed by atoms with van der Waals surface area (Å²) in [6, 6.07) is 0. The molecule has 0 rings (SSSR count). The summed E-state index contributed by atoms with van der Waals surface area (Å²) in [7, 11) is 0. The maximum absolute atomic E-state index is 11.3. The highest BCUT2D eigenvalue weighted by molar-refractivity contribution is 5.66. The van der Waals surface area contributed by atoms with E-state index in [0.717, 1.165) is 32.0 Å². The van der Waals surface area contributed by atoms with Gasteiger partial charge in [-0.05, 0) is 45.2 Å². The molecule has 0 aromatic carbocycles. The lowest BCUT2D eigenvalue weighted by Gasteiger charge is -2.17. The summed E-state index contributed by atoms with van der Waals surface area (Å²) < 4.78 is 4.89. The molecule has 0 heterocycles. The zero-order chi connectivity index (χ0) is 22.1. The second-order valence-corrected chi connectivity index (χ2v) is 8.76. The summed E-state index contributed by atoms with van der Waals surface area (Å²) in [4.78, 5) is 11.3. The maximum atomic E-state index is 11.3.